The fourth-order valence-corrected chi connectivity index (χ4v) is 4.42. The minimum absolute atomic E-state index is 0.194. The molecule has 0 N–H and O–H groups in total. The van der Waals surface area contributed by atoms with E-state index in [4.69, 9.17) is 9.47 Å². The maximum atomic E-state index is 11.6. The predicted molar refractivity (Wildman–Crippen MR) is 105 cm³/mol. The number of nitrogens with zero attached hydrogens (tertiary/aromatic N) is 1. The predicted octanol–water partition coefficient (Wildman–Crippen LogP) is 3.96. The molecule has 0 amide bonds. The Balaban J connectivity index is 1.38. The molecule has 27 heavy (non-hydrogen) atoms. The number of likely N-dealkylation sites (N-methyl/N-ethyl adjacent to an activating group) is 1. The van der Waals surface area contributed by atoms with Crippen LogP contribution in [0.2, 0.25) is 0 Å². The molecule has 142 valence electrons. The van der Waals surface area contributed by atoms with Crippen LogP contribution in [0.15, 0.2) is 36.4 Å². The Kier molecular flexibility index (Phi) is 5.17. The van der Waals surface area contributed by atoms with E-state index in [0.717, 1.165) is 42.8 Å². The van der Waals surface area contributed by atoms with Gasteiger partial charge in [-0.25, -0.2) is 4.79 Å². The van der Waals surface area contributed by atoms with Gasteiger partial charge in [-0.05, 0) is 67.5 Å². The van der Waals surface area contributed by atoms with Crippen molar-refractivity contribution in [1.82, 2.24) is 4.90 Å². The van der Waals surface area contributed by atoms with E-state index in [-0.39, 0.29) is 5.97 Å². The average Bonchev–Trinajstić information content (AvgIpc) is 3.06. The van der Waals surface area contributed by atoms with Crippen molar-refractivity contribution in [3.05, 3.63) is 64.2 Å². The Morgan fingerprint density at radius 3 is 3.00 bits per heavy atom. The molecule has 0 fully saturated rings. The normalized spacial score (nSPS) is 18.2. The van der Waals surface area contributed by atoms with Gasteiger partial charge in [0.2, 0.25) is 0 Å². The zero-order chi connectivity index (χ0) is 18.8. The summed E-state index contributed by atoms with van der Waals surface area (Å²) < 4.78 is 10.7. The van der Waals surface area contributed by atoms with E-state index < -0.39 is 0 Å². The van der Waals surface area contributed by atoms with Gasteiger partial charge in [-0.3, -0.25) is 0 Å². The Bertz CT molecular complexity index is 846. The smallest absolute Gasteiger partial charge is 0.338 e. The number of ether oxygens (including phenoxy) is 2. The van der Waals surface area contributed by atoms with Crippen LogP contribution in [0.5, 0.6) is 5.75 Å². The summed E-state index contributed by atoms with van der Waals surface area (Å²) in [5.74, 6) is 1.41. The highest BCUT2D eigenvalue weighted by Crippen LogP contribution is 2.36. The third-order valence-electron chi connectivity index (χ3n) is 5.87. The Labute approximate surface area is 161 Å². The molecule has 4 rings (SSSR count). The van der Waals surface area contributed by atoms with Crippen molar-refractivity contribution in [3.8, 4) is 5.75 Å². The Hall–Kier alpha value is -2.33. The number of benzene rings is 2. The number of hydrogen-bond acceptors (Lipinski definition) is 4. The van der Waals surface area contributed by atoms with Crippen LogP contribution < -0.4 is 4.74 Å². The minimum Gasteiger partial charge on any atom is -0.496 e. The maximum absolute atomic E-state index is 11.6. The lowest BCUT2D eigenvalue weighted by Gasteiger charge is -2.30. The number of methoxy groups -OCH3 is 1. The number of carbonyl (C=O) groups is 1. The third kappa shape index (κ3) is 3.72. The summed E-state index contributed by atoms with van der Waals surface area (Å²) in [4.78, 5) is 14.0. The van der Waals surface area contributed by atoms with Gasteiger partial charge in [-0.2, -0.15) is 0 Å². The van der Waals surface area contributed by atoms with E-state index in [1.165, 1.54) is 29.5 Å². The summed E-state index contributed by atoms with van der Waals surface area (Å²) in [5, 5.41) is 0. The Morgan fingerprint density at radius 2 is 2.15 bits per heavy atom. The first-order valence-electron chi connectivity index (χ1n) is 9.79. The summed E-state index contributed by atoms with van der Waals surface area (Å²) >= 11 is 0. The molecule has 1 aliphatic heterocycles. The van der Waals surface area contributed by atoms with E-state index in [9.17, 15) is 4.79 Å². The van der Waals surface area contributed by atoms with Gasteiger partial charge in [0.25, 0.3) is 0 Å². The van der Waals surface area contributed by atoms with Crippen molar-refractivity contribution in [3.63, 3.8) is 0 Å². The van der Waals surface area contributed by atoms with Crippen LogP contribution in [0, 0.1) is 0 Å². The zero-order valence-electron chi connectivity index (χ0n) is 16.2. The maximum Gasteiger partial charge on any atom is 0.338 e. The Morgan fingerprint density at radius 1 is 1.26 bits per heavy atom. The molecule has 0 saturated carbocycles. The van der Waals surface area contributed by atoms with Crippen LogP contribution in [0.3, 0.4) is 0 Å². The van der Waals surface area contributed by atoms with Crippen LogP contribution in [-0.4, -0.2) is 38.1 Å². The molecular formula is C23H27NO3. The van der Waals surface area contributed by atoms with Crippen LogP contribution >= 0.6 is 0 Å². The van der Waals surface area contributed by atoms with Crippen molar-refractivity contribution < 1.29 is 14.3 Å². The molecule has 0 aromatic heterocycles. The SMILES string of the molecule is COc1cccc2c1CCCC2CN(C)CCc1ccc2c(c1)COC2=O. The first-order valence-corrected chi connectivity index (χ1v) is 9.79. The fourth-order valence-electron chi connectivity index (χ4n) is 4.42. The van der Waals surface area contributed by atoms with E-state index >= 15 is 0 Å². The van der Waals surface area contributed by atoms with Gasteiger partial charge >= 0.3 is 5.97 Å². The van der Waals surface area contributed by atoms with E-state index in [1.54, 1.807) is 7.11 Å². The van der Waals surface area contributed by atoms with E-state index in [0.29, 0.717) is 12.5 Å². The molecule has 2 aromatic rings. The van der Waals surface area contributed by atoms with Crippen molar-refractivity contribution in [2.75, 3.05) is 27.2 Å². The number of rotatable bonds is 6. The quantitative estimate of drug-likeness (QED) is 0.727. The molecule has 4 nitrogen and oxygen atoms in total. The summed E-state index contributed by atoms with van der Waals surface area (Å²) in [6, 6.07) is 12.5. The van der Waals surface area contributed by atoms with E-state index in [2.05, 4.69) is 42.3 Å². The lowest BCUT2D eigenvalue weighted by molar-refractivity contribution is 0.0535. The highest BCUT2D eigenvalue weighted by molar-refractivity contribution is 5.93. The third-order valence-corrected chi connectivity index (χ3v) is 5.87. The van der Waals surface area contributed by atoms with Gasteiger partial charge in [0.15, 0.2) is 0 Å². The standard InChI is InChI=1S/C23H27NO3/c1-24(12-11-16-9-10-20-18(13-16)15-27-23(20)25)14-17-5-3-7-21-19(17)6-4-8-22(21)26-2/h4,6,8-10,13,17H,3,5,7,11-12,14-15H2,1-2H3. The number of esters is 1. The fraction of sp³-hybridized carbons (Fsp3) is 0.435. The van der Waals surface area contributed by atoms with E-state index in [1.807, 2.05) is 6.07 Å². The largest absolute Gasteiger partial charge is 0.496 e. The molecular weight excluding hydrogens is 338 g/mol. The highest BCUT2D eigenvalue weighted by atomic mass is 16.5. The highest BCUT2D eigenvalue weighted by Gasteiger charge is 2.24. The van der Waals surface area contributed by atoms with Crippen molar-refractivity contribution in [2.45, 2.75) is 38.2 Å². The molecule has 0 bridgehead atoms. The van der Waals surface area contributed by atoms with Crippen LogP contribution in [0.4, 0.5) is 0 Å². The molecule has 4 heteroatoms. The van der Waals surface area contributed by atoms with Crippen LogP contribution in [0.25, 0.3) is 0 Å². The second-order valence-electron chi connectivity index (χ2n) is 7.70. The monoisotopic (exact) mass is 365 g/mol. The van der Waals surface area contributed by atoms with Crippen molar-refractivity contribution in [2.24, 2.45) is 0 Å². The second kappa shape index (κ2) is 7.73. The first-order chi connectivity index (χ1) is 13.2. The average molecular weight is 365 g/mol. The number of cyclic esters (lactones) is 1. The van der Waals surface area contributed by atoms with Crippen LogP contribution in [-0.2, 0) is 24.2 Å². The summed E-state index contributed by atoms with van der Waals surface area (Å²) in [6.07, 6.45) is 4.57. The van der Waals surface area contributed by atoms with Crippen LogP contribution in [0.1, 0.15) is 51.4 Å². The lowest BCUT2D eigenvalue weighted by Crippen LogP contribution is -2.28. The molecule has 1 atom stereocenters. The van der Waals surface area contributed by atoms with Gasteiger partial charge in [0, 0.05) is 18.7 Å². The molecule has 0 spiro atoms. The summed E-state index contributed by atoms with van der Waals surface area (Å²) in [5.41, 5.74) is 5.87. The van der Waals surface area contributed by atoms with Gasteiger partial charge < -0.3 is 14.4 Å². The number of carbonyl (C=O) groups excluding carboxylic acids is 1. The van der Waals surface area contributed by atoms with Gasteiger partial charge in [-0.15, -0.1) is 0 Å². The summed E-state index contributed by atoms with van der Waals surface area (Å²) in [6.45, 7) is 2.48. The van der Waals surface area contributed by atoms with Gasteiger partial charge in [-0.1, -0.05) is 24.3 Å². The first kappa shape index (κ1) is 18.1. The topological polar surface area (TPSA) is 38.8 Å². The minimum atomic E-state index is -0.194. The van der Waals surface area contributed by atoms with Gasteiger partial charge in [0.1, 0.15) is 12.4 Å². The molecule has 1 unspecified atom stereocenters. The number of hydrogen-bond donors (Lipinski definition) is 0. The van der Waals surface area contributed by atoms with Crippen molar-refractivity contribution in [1.29, 1.82) is 0 Å². The zero-order valence-corrected chi connectivity index (χ0v) is 16.2. The molecule has 0 saturated heterocycles. The molecule has 1 heterocycles. The second-order valence-corrected chi connectivity index (χ2v) is 7.70. The molecule has 1 aliphatic carbocycles. The molecule has 0 radical (unpaired) electrons. The lowest BCUT2D eigenvalue weighted by atomic mass is 9.82. The van der Waals surface area contributed by atoms with Crippen molar-refractivity contribution >= 4 is 5.97 Å². The molecule has 2 aliphatic rings. The number of fused-ring (bicyclic) bond motifs is 2. The summed E-state index contributed by atoms with van der Waals surface area (Å²) in [7, 11) is 3.97. The van der Waals surface area contributed by atoms with Gasteiger partial charge in [0.05, 0.1) is 12.7 Å². The molecule has 2 aromatic carbocycles.